The number of nitrogens with zero attached hydrogens (tertiary/aromatic N) is 3. The van der Waals surface area contributed by atoms with Crippen molar-refractivity contribution in [3.63, 3.8) is 0 Å². The van der Waals surface area contributed by atoms with Gasteiger partial charge in [-0.05, 0) is 33.2 Å². The minimum absolute atomic E-state index is 0.0298. The smallest absolute Gasteiger partial charge is 0.243 e. The lowest BCUT2D eigenvalue weighted by molar-refractivity contribution is -0.120. The minimum Gasteiger partial charge on any atom is -0.299 e. The molecular weight excluding hydrogens is 272 g/mol. The first kappa shape index (κ1) is 15.4. The second kappa shape index (κ2) is 5.77. The van der Waals surface area contributed by atoms with Crippen LogP contribution in [0, 0.1) is 0 Å². The molecule has 0 radical (unpaired) electrons. The fourth-order valence-corrected chi connectivity index (χ4v) is 3.26. The second-order valence-electron chi connectivity index (χ2n) is 6.64. The van der Waals surface area contributed by atoms with Gasteiger partial charge in [-0.3, -0.25) is 15.0 Å². The Labute approximate surface area is 124 Å². The van der Waals surface area contributed by atoms with Crippen molar-refractivity contribution < 1.29 is 4.79 Å². The van der Waals surface area contributed by atoms with Crippen molar-refractivity contribution >= 4 is 22.4 Å². The molecule has 5 nitrogen and oxygen atoms in total. The maximum atomic E-state index is 12.4. The third-order valence-electron chi connectivity index (χ3n) is 3.56. The van der Waals surface area contributed by atoms with E-state index in [1.54, 1.807) is 0 Å². The minimum atomic E-state index is -0.0306. The van der Waals surface area contributed by atoms with Crippen LogP contribution in [0.2, 0.25) is 0 Å². The van der Waals surface area contributed by atoms with Gasteiger partial charge in [0.15, 0.2) is 0 Å². The predicted molar refractivity (Wildman–Crippen MR) is 82.1 cm³/mol. The lowest BCUT2D eigenvalue weighted by Gasteiger charge is -2.26. The lowest BCUT2D eigenvalue weighted by atomic mass is 9.98. The molecule has 1 N–H and O–H groups in total. The van der Waals surface area contributed by atoms with E-state index in [4.69, 9.17) is 0 Å². The number of carbonyl (C=O) groups is 1. The van der Waals surface area contributed by atoms with Crippen LogP contribution in [-0.4, -0.2) is 39.6 Å². The van der Waals surface area contributed by atoms with Crippen LogP contribution in [0.1, 0.15) is 52.5 Å². The van der Waals surface area contributed by atoms with Gasteiger partial charge in [-0.2, -0.15) is 0 Å². The molecule has 1 aromatic heterocycles. The second-order valence-corrected chi connectivity index (χ2v) is 7.62. The van der Waals surface area contributed by atoms with Crippen LogP contribution in [-0.2, 0) is 10.2 Å². The van der Waals surface area contributed by atoms with Crippen LogP contribution in [0.25, 0.3) is 0 Å². The molecule has 0 aromatic carbocycles. The van der Waals surface area contributed by atoms with E-state index in [-0.39, 0.29) is 17.4 Å². The zero-order valence-corrected chi connectivity index (χ0v) is 13.8. The largest absolute Gasteiger partial charge is 0.299 e. The summed E-state index contributed by atoms with van der Waals surface area (Å²) in [7, 11) is 0. The van der Waals surface area contributed by atoms with Crippen LogP contribution in [0.4, 0.5) is 5.13 Å². The fraction of sp³-hybridized carbons (Fsp3) is 0.786. The van der Waals surface area contributed by atoms with Crippen LogP contribution >= 0.6 is 11.3 Å². The predicted octanol–water partition coefficient (Wildman–Crippen LogP) is 2.65. The summed E-state index contributed by atoms with van der Waals surface area (Å²) in [4.78, 5) is 14.6. The van der Waals surface area contributed by atoms with E-state index in [2.05, 4.69) is 55.0 Å². The number of likely N-dealkylation sites (tertiary alicyclic amines) is 1. The van der Waals surface area contributed by atoms with Crippen molar-refractivity contribution in [1.29, 1.82) is 0 Å². The third kappa shape index (κ3) is 3.35. The first-order chi connectivity index (χ1) is 9.29. The zero-order chi connectivity index (χ0) is 14.9. The average Bonchev–Trinajstić information content (AvgIpc) is 2.95. The Kier molecular flexibility index (Phi) is 4.44. The van der Waals surface area contributed by atoms with Crippen molar-refractivity contribution in [1.82, 2.24) is 15.1 Å². The summed E-state index contributed by atoms with van der Waals surface area (Å²) in [6, 6.07) is 0.366. The number of rotatable bonds is 3. The van der Waals surface area contributed by atoms with Crippen molar-refractivity contribution in [2.45, 2.75) is 65.0 Å². The maximum absolute atomic E-state index is 12.4. The summed E-state index contributed by atoms with van der Waals surface area (Å²) in [5.41, 5.74) is -0.0298. The Bertz CT molecular complexity index is 478. The van der Waals surface area contributed by atoms with Crippen molar-refractivity contribution in [3.8, 4) is 0 Å². The van der Waals surface area contributed by atoms with E-state index in [0.29, 0.717) is 11.2 Å². The van der Waals surface area contributed by atoms with Gasteiger partial charge in [-0.15, -0.1) is 10.2 Å². The summed E-state index contributed by atoms with van der Waals surface area (Å²) in [5.74, 6) is 0.0489. The van der Waals surface area contributed by atoms with Gasteiger partial charge in [-0.1, -0.05) is 32.1 Å². The van der Waals surface area contributed by atoms with E-state index >= 15 is 0 Å². The molecule has 0 bridgehead atoms. The summed E-state index contributed by atoms with van der Waals surface area (Å²) in [5, 5.41) is 12.7. The van der Waals surface area contributed by atoms with Gasteiger partial charge in [0.05, 0.1) is 6.04 Å². The highest BCUT2D eigenvalue weighted by Crippen LogP contribution is 2.28. The molecule has 0 saturated carbocycles. The van der Waals surface area contributed by atoms with Gasteiger partial charge >= 0.3 is 0 Å². The molecule has 2 rings (SSSR count). The first-order valence-corrected chi connectivity index (χ1v) is 8.01. The Hall–Kier alpha value is -1.01. The highest BCUT2D eigenvalue weighted by Gasteiger charge is 2.32. The van der Waals surface area contributed by atoms with Crippen LogP contribution in [0.15, 0.2) is 0 Å². The molecule has 1 saturated heterocycles. The van der Waals surface area contributed by atoms with E-state index in [1.807, 2.05) is 0 Å². The van der Waals surface area contributed by atoms with Gasteiger partial charge < -0.3 is 0 Å². The summed E-state index contributed by atoms with van der Waals surface area (Å²) >= 11 is 1.46. The lowest BCUT2D eigenvalue weighted by Crippen LogP contribution is -2.43. The molecule has 1 aromatic rings. The molecule has 2 heterocycles. The van der Waals surface area contributed by atoms with Gasteiger partial charge in [0.2, 0.25) is 11.0 Å². The third-order valence-corrected chi connectivity index (χ3v) is 4.82. The van der Waals surface area contributed by atoms with E-state index in [1.165, 1.54) is 11.3 Å². The van der Waals surface area contributed by atoms with Crippen LogP contribution < -0.4 is 5.32 Å². The molecule has 0 spiro atoms. The standard InChI is InChI=1S/C14H24N4OS/c1-9(2)18-8-6-7-10(18)11(19)15-13-17-16-12(20-13)14(3,4)5/h9-10H,6-8H2,1-5H3,(H,15,17,19)/t10-/m0/s1. The Balaban J connectivity index is 2.03. The number of anilines is 1. The highest BCUT2D eigenvalue weighted by molar-refractivity contribution is 7.15. The molecule has 0 aliphatic carbocycles. The Morgan fingerprint density at radius 2 is 2.10 bits per heavy atom. The van der Waals surface area contributed by atoms with E-state index < -0.39 is 0 Å². The quantitative estimate of drug-likeness (QED) is 0.931. The number of hydrogen-bond acceptors (Lipinski definition) is 5. The van der Waals surface area contributed by atoms with Gasteiger partial charge in [0.1, 0.15) is 5.01 Å². The normalized spacial score (nSPS) is 20.6. The average molecular weight is 296 g/mol. The molecule has 1 fully saturated rings. The first-order valence-electron chi connectivity index (χ1n) is 7.19. The highest BCUT2D eigenvalue weighted by atomic mass is 32.1. The Morgan fingerprint density at radius 3 is 2.65 bits per heavy atom. The molecule has 1 aliphatic heterocycles. The molecule has 6 heteroatoms. The number of nitrogens with one attached hydrogen (secondary N) is 1. The van der Waals surface area contributed by atoms with Crippen molar-refractivity contribution in [2.75, 3.05) is 11.9 Å². The van der Waals surface area contributed by atoms with Crippen molar-refractivity contribution in [2.24, 2.45) is 0 Å². The SMILES string of the molecule is CC(C)N1CCC[C@H]1C(=O)Nc1nnc(C(C)(C)C)s1. The molecule has 20 heavy (non-hydrogen) atoms. The number of hydrogen-bond donors (Lipinski definition) is 1. The molecule has 112 valence electrons. The number of carbonyl (C=O) groups excluding carboxylic acids is 1. The molecule has 0 unspecified atom stereocenters. The molecule has 1 atom stereocenters. The van der Waals surface area contributed by atoms with E-state index in [0.717, 1.165) is 24.4 Å². The molecular formula is C14H24N4OS. The van der Waals surface area contributed by atoms with Crippen LogP contribution in [0.3, 0.4) is 0 Å². The van der Waals surface area contributed by atoms with Crippen molar-refractivity contribution in [3.05, 3.63) is 5.01 Å². The van der Waals surface area contributed by atoms with Crippen LogP contribution in [0.5, 0.6) is 0 Å². The fourth-order valence-electron chi connectivity index (χ4n) is 2.45. The van der Waals surface area contributed by atoms with Gasteiger partial charge in [-0.25, -0.2) is 0 Å². The molecule has 1 amide bonds. The molecule has 1 aliphatic rings. The monoisotopic (exact) mass is 296 g/mol. The van der Waals surface area contributed by atoms with Gasteiger partial charge in [0, 0.05) is 11.5 Å². The number of amides is 1. The topological polar surface area (TPSA) is 58.1 Å². The Morgan fingerprint density at radius 1 is 1.40 bits per heavy atom. The zero-order valence-electron chi connectivity index (χ0n) is 12.9. The maximum Gasteiger partial charge on any atom is 0.243 e. The summed E-state index contributed by atoms with van der Waals surface area (Å²) in [6.45, 7) is 11.5. The summed E-state index contributed by atoms with van der Waals surface area (Å²) in [6.07, 6.45) is 2.01. The van der Waals surface area contributed by atoms with E-state index in [9.17, 15) is 4.79 Å². The number of aromatic nitrogens is 2. The van der Waals surface area contributed by atoms with Gasteiger partial charge in [0.25, 0.3) is 0 Å². The summed E-state index contributed by atoms with van der Waals surface area (Å²) < 4.78 is 0.